The number of ether oxygens (including phenoxy) is 1. The van der Waals surface area contributed by atoms with E-state index < -0.39 is 0 Å². The zero-order valence-electron chi connectivity index (χ0n) is 9.66. The third-order valence-electron chi connectivity index (χ3n) is 2.35. The van der Waals surface area contributed by atoms with Gasteiger partial charge in [0.15, 0.2) is 4.34 Å². The molecule has 0 amide bonds. The van der Waals surface area contributed by atoms with Crippen LogP contribution in [0.3, 0.4) is 0 Å². The van der Waals surface area contributed by atoms with Crippen LogP contribution in [0, 0.1) is 0 Å². The molecule has 2 aromatic heterocycles. The van der Waals surface area contributed by atoms with Gasteiger partial charge in [0.1, 0.15) is 16.1 Å². The SMILES string of the molecule is CSc1nc2ccc(Oc3ccccc3)nc2s1. The third-order valence-corrected chi connectivity index (χ3v) is 4.30. The topological polar surface area (TPSA) is 35.0 Å². The zero-order valence-corrected chi connectivity index (χ0v) is 11.3. The molecule has 1 aromatic carbocycles. The van der Waals surface area contributed by atoms with E-state index in [4.69, 9.17) is 4.74 Å². The van der Waals surface area contributed by atoms with E-state index in [1.807, 2.05) is 48.7 Å². The molecule has 5 heteroatoms. The predicted octanol–water partition coefficient (Wildman–Crippen LogP) is 4.21. The molecule has 18 heavy (non-hydrogen) atoms. The van der Waals surface area contributed by atoms with Crippen molar-refractivity contribution in [2.45, 2.75) is 4.34 Å². The molecular formula is C13H10N2OS2. The predicted molar refractivity (Wildman–Crippen MR) is 75.7 cm³/mol. The molecule has 0 unspecified atom stereocenters. The van der Waals surface area contributed by atoms with E-state index in [2.05, 4.69) is 9.97 Å². The summed E-state index contributed by atoms with van der Waals surface area (Å²) in [4.78, 5) is 9.81. The lowest BCUT2D eigenvalue weighted by molar-refractivity contribution is 0.465. The van der Waals surface area contributed by atoms with E-state index >= 15 is 0 Å². The van der Waals surface area contributed by atoms with Crippen LogP contribution in [-0.4, -0.2) is 16.2 Å². The smallest absolute Gasteiger partial charge is 0.220 e. The van der Waals surface area contributed by atoms with Crippen LogP contribution in [0.4, 0.5) is 0 Å². The van der Waals surface area contributed by atoms with Crippen molar-refractivity contribution in [3.63, 3.8) is 0 Å². The van der Waals surface area contributed by atoms with Gasteiger partial charge in [-0.2, -0.15) is 0 Å². The molecule has 0 radical (unpaired) electrons. The van der Waals surface area contributed by atoms with Crippen LogP contribution < -0.4 is 4.74 Å². The molecule has 0 atom stereocenters. The molecule has 0 saturated heterocycles. The summed E-state index contributed by atoms with van der Waals surface area (Å²) in [6.07, 6.45) is 2.01. The van der Waals surface area contributed by atoms with Gasteiger partial charge in [-0.3, -0.25) is 0 Å². The lowest BCUT2D eigenvalue weighted by atomic mass is 10.3. The van der Waals surface area contributed by atoms with Crippen molar-refractivity contribution in [3.05, 3.63) is 42.5 Å². The van der Waals surface area contributed by atoms with E-state index in [-0.39, 0.29) is 0 Å². The maximum absolute atomic E-state index is 5.69. The minimum Gasteiger partial charge on any atom is -0.439 e. The van der Waals surface area contributed by atoms with Gasteiger partial charge in [-0.25, -0.2) is 9.97 Å². The van der Waals surface area contributed by atoms with Gasteiger partial charge in [0.2, 0.25) is 5.88 Å². The summed E-state index contributed by atoms with van der Waals surface area (Å²) in [5.41, 5.74) is 0.921. The minimum absolute atomic E-state index is 0.602. The molecule has 90 valence electrons. The second-order valence-corrected chi connectivity index (χ2v) is 5.60. The molecular weight excluding hydrogens is 264 g/mol. The number of pyridine rings is 1. The van der Waals surface area contributed by atoms with Gasteiger partial charge in [0.05, 0.1) is 0 Å². The molecule has 0 N–H and O–H groups in total. The van der Waals surface area contributed by atoms with E-state index in [9.17, 15) is 0 Å². The number of nitrogens with zero attached hydrogens (tertiary/aromatic N) is 2. The highest BCUT2D eigenvalue weighted by Crippen LogP contribution is 2.29. The van der Waals surface area contributed by atoms with Gasteiger partial charge in [0.25, 0.3) is 0 Å². The Kier molecular flexibility index (Phi) is 3.17. The maximum atomic E-state index is 5.69. The lowest BCUT2D eigenvalue weighted by Crippen LogP contribution is -1.86. The van der Waals surface area contributed by atoms with Crippen LogP contribution in [0.1, 0.15) is 0 Å². The molecule has 3 nitrogen and oxygen atoms in total. The number of fused-ring (bicyclic) bond motifs is 1. The van der Waals surface area contributed by atoms with Gasteiger partial charge in [-0.1, -0.05) is 41.3 Å². The monoisotopic (exact) mass is 274 g/mol. The van der Waals surface area contributed by atoms with E-state index in [1.54, 1.807) is 23.1 Å². The average Bonchev–Trinajstić information content (AvgIpc) is 2.82. The molecule has 0 bridgehead atoms. The van der Waals surface area contributed by atoms with E-state index in [0.29, 0.717) is 5.88 Å². The first-order chi connectivity index (χ1) is 8.85. The molecule has 0 aliphatic heterocycles. The van der Waals surface area contributed by atoms with Crippen molar-refractivity contribution < 1.29 is 4.74 Å². The number of hydrogen-bond acceptors (Lipinski definition) is 5. The Morgan fingerprint density at radius 2 is 1.89 bits per heavy atom. The Balaban J connectivity index is 1.93. The summed E-state index contributed by atoms with van der Waals surface area (Å²) in [5, 5.41) is 0. The summed E-state index contributed by atoms with van der Waals surface area (Å²) in [6, 6.07) is 13.4. The van der Waals surface area contributed by atoms with Crippen LogP contribution >= 0.6 is 23.1 Å². The molecule has 0 saturated carbocycles. The number of aromatic nitrogens is 2. The van der Waals surface area contributed by atoms with Gasteiger partial charge in [0, 0.05) is 6.07 Å². The van der Waals surface area contributed by atoms with Gasteiger partial charge >= 0.3 is 0 Å². The number of thioether (sulfide) groups is 1. The fourth-order valence-electron chi connectivity index (χ4n) is 1.53. The number of para-hydroxylation sites is 1. The number of hydrogen-bond donors (Lipinski definition) is 0. The van der Waals surface area contributed by atoms with Crippen LogP contribution in [0.2, 0.25) is 0 Å². The van der Waals surface area contributed by atoms with E-state index in [1.165, 1.54) is 0 Å². The van der Waals surface area contributed by atoms with Gasteiger partial charge < -0.3 is 4.74 Å². The quantitative estimate of drug-likeness (QED) is 0.670. The average molecular weight is 274 g/mol. The molecule has 0 spiro atoms. The standard InChI is InChI=1S/C13H10N2OS2/c1-17-13-14-10-7-8-11(15-12(10)18-13)16-9-5-3-2-4-6-9/h2-8H,1H3. The Morgan fingerprint density at radius 3 is 2.67 bits per heavy atom. The molecule has 2 heterocycles. The summed E-state index contributed by atoms with van der Waals surface area (Å²) >= 11 is 3.21. The summed E-state index contributed by atoms with van der Waals surface area (Å²) in [6.45, 7) is 0. The second-order valence-electron chi connectivity index (χ2n) is 3.57. The Labute approximate surface area is 113 Å². The fourth-order valence-corrected chi connectivity index (χ4v) is 2.96. The summed E-state index contributed by atoms with van der Waals surface area (Å²) < 4.78 is 6.71. The molecule has 0 aliphatic carbocycles. The van der Waals surface area contributed by atoms with Crippen LogP contribution in [0.25, 0.3) is 10.3 Å². The molecule has 0 fully saturated rings. The van der Waals surface area contributed by atoms with Crippen molar-refractivity contribution in [2.75, 3.05) is 6.26 Å². The fraction of sp³-hybridized carbons (Fsp3) is 0.0769. The maximum Gasteiger partial charge on any atom is 0.220 e. The highest BCUT2D eigenvalue weighted by atomic mass is 32.2. The number of rotatable bonds is 3. The Morgan fingerprint density at radius 1 is 1.06 bits per heavy atom. The van der Waals surface area contributed by atoms with E-state index in [0.717, 1.165) is 20.4 Å². The highest BCUT2D eigenvalue weighted by Gasteiger charge is 2.06. The van der Waals surface area contributed by atoms with Gasteiger partial charge in [-0.05, 0) is 24.5 Å². The number of thiazole rings is 1. The third kappa shape index (κ3) is 2.32. The Hall–Kier alpha value is -1.59. The first kappa shape index (κ1) is 11.5. The molecule has 0 aliphatic rings. The van der Waals surface area contributed by atoms with Crippen molar-refractivity contribution in [2.24, 2.45) is 0 Å². The largest absolute Gasteiger partial charge is 0.439 e. The van der Waals surface area contributed by atoms with Gasteiger partial charge in [-0.15, -0.1) is 0 Å². The van der Waals surface area contributed by atoms with Crippen molar-refractivity contribution >= 4 is 33.4 Å². The summed E-state index contributed by atoms with van der Waals surface area (Å²) in [5.74, 6) is 1.39. The van der Waals surface area contributed by atoms with Crippen LogP contribution in [0.5, 0.6) is 11.6 Å². The molecule has 3 rings (SSSR count). The first-order valence-electron chi connectivity index (χ1n) is 5.39. The first-order valence-corrected chi connectivity index (χ1v) is 7.44. The van der Waals surface area contributed by atoms with Crippen molar-refractivity contribution in [3.8, 4) is 11.6 Å². The second kappa shape index (κ2) is 4.96. The van der Waals surface area contributed by atoms with Crippen LogP contribution in [0.15, 0.2) is 46.8 Å². The van der Waals surface area contributed by atoms with Crippen LogP contribution in [-0.2, 0) is 0 Å². The minimum atomic E-state index is 0.602. The summed E-state index contributed by atoms with van der Waals surface area (Å²) in [7, 11) is 0. The van der Waals surface area contributed by atoms with Crippen molar-refractivity contribution in [1.82, 2.24) is 9.97 Å². The number of benzene rings is 1. The van der Waals surface area contributed by atoms with Crippen molar-refractivity contribution in [1.29, 1.82) is 0 Å². The Bertz CT molecular complexity index is 667. The lowest BCUT2D eigenvalue weighted by Gasteiger charge is -2.03. The normalized spacial score (nSPS) is 10.7. The zero-order chi connectivity index (χ0) is 12.4. The highest BCUT2D eigenvalue weighted by molar-refractivity contribution is 8.00. The molecule has 3 aromatic rings.